The number of fused-ring (bicyclic) bond motifs is 1. The fraction of sp³-hybridized carbons (Fsp3) is 0.100. The number of aldehydes is 1. The summed E-state index contributed by atoms with van der Waals surface area (Å²) in [5, 5.41) is 0. The Hall–Kier alpha value is -1.41. The molecule has 2 aliphatic carbocycles. The van der Waals surface area contributed by atoms with Crippen molar-refractivity contribution in [2.75, 3.05) is 0 Å². The molecule has 0 spiro atoms. The zero-order chi connectivity index (χ0) is 8.97. The minimum atomic E-state index is -0.481. The lowest BCUT2D eigenvalue weighted by atomic mass is 9.95. The van der Waals surface area contributed by atoms with Crippen molar-refractivity contribution < 1.29 is 4.79 Å². The molecule has 0 saturated heterocycles. The molecule has 2 nitrogen and oxygen atoms in total. The number of rotatable bonds is 2. The predicted octanol–water partition coefficient (Wildman–Crippen LogP) is 1.37. The van der Waals surface area contributed by atoms with Crippen LogP contribution in [0.15, 0.2) is 36.9 Å². The van der Waals surface area contributed by atoms with E-state index in [1.54, 1.807) is 0 Å². The lowest BCUT2D eigenvalue weighted by molar-refractivity contribution is -0.108. The van der Waals surface area contributed by atoms with Gasteiger partial charge in [0.15, 0.2) is 0 Å². The molecule has 2 aliphatic rings. The first kappa shape index (κ1) is 8.68. The maximum atomic E-state index is 9.54. The number of carbonyl (C=O) groups is 1. The van der Waals surface area contributed by atoms with Crippen LogP contribution in [0.1, 0.15) is 0 Å². The summed E-state index contributed by atoms with van der Waals surface area (Å²) >= 11 is 0. The summed E-state index contributed by atoms with van der Waals surface area (Å²) < 4.78 is 0. The molecule has 0 bridgehead atoms. The average molecular weight is 161 g/mol. The van der Waals surface area contributed by atoms with E-state index in [-0.39, 0.29) is 0 Å². The van der Waals surface area contributed by atoms with Crippen molar-refractivity contribution in [3.05, 3.63) is 36.9 Å². The molecule has 0 aromatic carbocycles. The van der Waals surface area contributed by atoms with Crippen LogP contribution >= 0.6 is 0 Å². The fourth-order valence-electron chi connectivity index (χ4n) is 0.718. The molecule has 0 heterocycles. The topological polar surface area (TPSA) is 43.1 Å². The molecular formula is C10H11NO. The number of hydrogen-bond donors (Lipinski definition) is 1. The molecule has 0 saturated carbocycles. The lowest BCUT2D eigenvalue weighted by Gasteiger charge is -2.10. The van der Waals surface area contributed by atoms with Crippen LogP contribution in [0.5, 0.6) is 0 Å². The minimum absolute atomic E-state index is 0.481. The summed E-state index contributed by atoms with van der Waals surface area (Å²) in [6, 6.07) is 8.00. The molecule has 2 heteroatoms. The number of hydrogen-bond acceptors (Lipinski definition) is 2. The van der Waals surface area contributed by atoms with Crippen molar-refractivity contribution in [2.24, 2.45) is 5.73 Å². The third-order valence-corrected chi connectivity index (χ3v) is 1.65. The third kappa shape index (κ3) is 1.80. The lowest BCUT2D eigenvalue weighted by Crippen LogP contribution is -2.16. The van der Waals surface area contributed by atoms with Crippen LogP contribution in [0.25, 0.3) is 11.1 Å². The Bertz CT molecular complexity index is 247. The van der Waals surface area contributed by atoms with E-state index in [1.807, 2.05) is 0 Å². The van der Waals surface area contributed by atoms with Crippen molar-refractivity contribution in [3.63, 3.8) is 0 Å². The van der Waals surface area contributed by atoms with E-state index in [0.29, 0.717) is 6.29 Å². The quantitative estimate of drug-likeness (QED) is 0.534. The Labute approximate surface area is 71.7 Å². The van der Waals surface area contributed by atoms with Gasteiger partial charge >= 0.3 is 0 Å². The third-order valence-electron chi connectivity index (χ3n) is 1.65. The first-order valence-electron chi connectivity index (χ1n) is 3.72. The Morgan fingerprint density at radius 1 is 1.25 bits per heavy atom. The van der Waals surface area contributed by atoms with E-state index in [4.69, 9.17) is 5.73 Å². The van der Waals surface area contributed by atoms with Crippen molar-refractivity contribution in [2.45, 2.75) is 6.04 Å². The molecule has 0 aromatic heterocycles. The van der Waals surface area contributed by atoms with Gasteiger partial charge in [-0.1, -0.05) is 30.3 Å². The van der Waals surface area contributed by atoms with E-state index in [9.17, 15) is 4.79 Å². The molecule has 62 valence electrons. The Morgan fingerprint density at radius 3 is 1.67 bits per heavy atom. The molecule has 0 aromatic rings. The molecule has 12 heavy (non-hydrogen) atoms. The van der Waals surface area contributed by atoms with Crippen LogP contribution in [-0.2, 0) is 4.79 Å². The van der Waals surface area contributed by atoms with Gasteiger partial charge in [0.2, 0.25) is 0 Å². The van der Waals surface area contributed by atoms with Crippen LogP contribution in [0.2, 0.25) is 0 Å². The normalized spacial score (nSPS) is 12.1. The first-order valence-corrected chi connectivity index (χ1v) is 3.72. The maximum absolute atomic E-state index is 9.54. The number of nitrogens with two attached hydrogens (primary N) is 1. The first-order chi connectivity index (χ1) is 5.77. The summed E-state index contributed by atoms with van der Waals surface area (Å²) in [7, 11) is 0. The highest BCUT2D eigenvalue weighted by Gasteiger charge is 2.03. The molecule has 0 amide bonds. The smallest absolute Gasteiger partial charge is 0.140 e. The minimum Gasteiger partial charge on any atom is -0.319 e. The predicted molar refractivity (Wildman–Crippen MR) is 49.7 cm³/mol. The van der Waals surface area contributed by atoms with Crippen molar-refractivity contribution in [3.8, 4) is 11.1 Å². The Morgan fingerprint density at radius 2 is 1.67 bits per heavy atom. The van der Waals surface area contributed by atoms with Crippen molar-refractivity contribution in [1.82, 2.24) is 0 Å². The van der Waals surface area contributed by atoms with Gasteiger partial charge in [-0.25, -0.2) is 0 Å². The van der Waals surface area contributed by atoms with Gasteiger partial charge < -0.3 is 10.5 Å². The summed E-state index contributed by atoms with van der Waals surface area (Å²) in [4.78, 5) is 9.54. The summed E-state index contributed by atoms with van der Waals surface area (Å²) in [5.41, 5.74) is 7.84. The number of benzene rings is 1. The second-order valence-corrected chi connectivity index (χ2v) is 2.53. The molecular weight excluding hydrogens is 150 g/mol. The Kier molecular flexibility index (Phi) is 2.77. The van der Waals surface area contributed by atoms with Gasteiger partial charge in [0, 0.05) is 0 Å². The van der Waals surface area contributed by atoms with Gasteiger partial charge in [0.05, 0.1) is 6.04 Å². The van der Waals surface area contributed by atoms with Gasteiger partial charge in [0.25, 0.3) is 0 Å². The van der Waals surface area contributed by atoms with E-state index in [1.165, 1.54) is 17.2 Å². The highest BCUT2D eigenvalue weighted by Crippen LogP contribution is 2.29. The largest absolute Gasteiger partial charge is 0.319 e. The zero-order valence-corrected chi connectivity index (χ0v) is 6.73. The molecule has 0 radical (unpaired) electrons. The molecule has 1 unspecified atom stereocenters. The van der Waals surface area contributed by atoms with Crippen molar-refractivity contribution in [1.29, 1.82) is 0 Å². The molecule has 0 aliphatic heterocycles. The van der Waals surface area contributed by atoms with Crippen LogP contribution in [0, 0.1) is 0 Å². The van der Waals surface area contributed by atoms with Crippen molar-refractivity contribution >= 4 is 6.29 Å². The highest BCUT2D eigenvalue weighted by molar-refractivity contribution is 5.75. The van der Waals surface area contributed by atoms with Gasteiger partial charge in [-0.3, -0.25) is 0 Å². The maximum Gasteiger partial charge on any atom is 0.140 e. The Balaban J connectivity index is 0.000000120. The molecule has 2 N–H and O–H groups in total. The van der Waals surface area contributed by atoms with Gasteiger partial charge in [-0.05, 0) is 11.1 Å². The standard InChI is InChI=1S/C6H4.C4H7NO/c1-2-6-4-3-5(1)6;1-2-4(5)3-6/h1-4H;2-4H,1,5H2. The fourth-order valence-corrected chi connectivity index (χ4v) is 0.718. The molecule has 0 fully saturated rings. The average Bonchev–Trinajstić information content (AvgIpc) is 2.10. The van der Waals surface area contributed by atoms with Gasteiger partial charge in [0.1, 0.15) is 6.29 Å². The monoisotopic (exact) mass is 161 g/mol. The second kappa shape index (κ2) is 3.83. The SMILES string of the molecule is C=CC(N)C=O.c1cc2ccc1-2. The zero-order valence-electron chi connectivity index (χ0n) is 6.73. The molecule has 2 rings (SSSR count). The summed E-state index contributed by atoms with van der Waals surface area (Å²) in [6.45, 7) is 3.28. The highest BCUT2D eigenvalue weighted by atomic mass is 16.1. The van der Waals surface area contributed by atoms with Gasteiger partial charge in [-0.15, -0.1) is 6.58 Å². The molecule has 1 atom stereocenters. The summed E-state index contributed by atoms with van der Waals surface area (Å²) in [5.74, 6) is 0. The van der Waals surface area contributed by atoms with Gasteiger partial charge in [-0.2, -0.15) is 0 Å². The van der Waals surface area contributed by atoms with Crippen LogP contribution in [0.4, 0.5) is 0 Å². The van der Waals surface area contributed by atoms with Crippen LogP contribution in [0.3, 0.4) is 0 Å². The summed E-state index contributed by atoms with van der Waals surface area (Å²) in [6.07, 6.45) is 2.01. The van der Waals surface area contributed by atoms with Crippen LogP contribution in [-0.4, -0.2) is 12.3 Å². The van der Waals surface area contributed by atoms with E-state index in [0.717, 1.165) is 0 Å². The van der Waals surface area contributed by atoms with E-state index in [2.05, 4.69) is 30.8 Å². The van der Waals surface area contributed by atoms with E-state index >= 15 is 0 Å². The van der Waals surface area contributed by atoms with Crippen LogP contribution < -0.4 is 5.73 Å². The van der Waals surface area contributed by atoms with E-state index < -0.39 is 6.04 Å². The second-order valence-electron chi connectivity index (χ2n) is 2.53. The number of carbonyl (C=O) groups excluding carboxylic acids is 1.